The van der Waals surface area contributed by atoms with Crippen molar-refractivity contribution < 1.29 is 9.63 Å². The first kappa shape index (κ1) is 8.35. The molecule has 0 fully saturated rings. The third kappa shape index (κ3) is 3.36. The average molecular weight is 136 g/mol. The highest BCUT2D eigenvalue weighted by Gasteiger charge is 2.05. The zero-order valence-corrected chi connectivity index (χ0v) is 6.51. The second kappa shape index (κ2) is 4.25. The van der Waals surface area contributed by atoms with Crippen molar-refractivity contribution in [1.29, 1.82) is 0 Å². The predicted molar refractivity (Wildman–Crippen MR) is 36.5 cm³/mol. The van der Waals surface area contributed by atoms with E-state index in [9.17, 15) is 0 Å². The molecule has 0 aliphatic carbocycles. The quantitative estimate of drug-likeness (QED) is 0.586. The summed E-state index contributed by atoms with van der Waals surface area (Å²) in [7, 11) is 0.471. The molecule has 50 valence electrons. The zero-order chi connectivity index (χ0) is 6.57. The van der Waals surface area contributed by atoms with Crippen molar-refractivity contribution in [2.45, 2.75) is 26.1 Å². The van der Waals surface area contributed by atoms with Crippen LogP contribution in [0.2, 0.25) is 0 Å². The minimum atomic E-state index is -0.345. The van der Waals surface area contributed by atoms with Crippen molar-refractivity contribution in [3.05, 3.63) is 0 Å². The van der Waals surface area contributed by atoms with Crippen LogP contribution in [0.5, 0.6) is 0 Å². The van der Waals surface area contributed by atoms with Crippen LogP contribution in [0.3, 0.4) is 0 Å². The Morgan fingerprint density at radius 1 is 1.50 bits per heavy atom. The van der Waals surface area contributed by atoms with Gasteiger partial charge in [-0.1, -0.05) is 0 Å². The van der Waals surface area contributed by atoms with E-state index >= 15 is 0 Å². The van der Waals surface area contributed by atoms with Gasteiger partial charge in [0, 0.05) is 8.81 Å². The summed E-state index contributed by atoms with van der Waals surface area (Å²) in [6.07, 6.45) is -0.360. The van der Waals surface area contributed by atoms with Crippen molar-refractivity contribution in [1.82, 2.24) is 0 Å². The van der Waals surface area contributed by atoms with Crippen LogP contribution >= 0.6 is 8.81 Å². The lowest BCUT2D eigenvalue weighted by Gasteiger charge is -2.12. The fraction of sp³-hybridized carbons (Fsp3) is 1.00. The maximum Gasteiger partial charge on any atom is 0.0842 e. The minimum absolute atomic E-state index is 0.0154. The van der Waals surface area contributed by atoms with Gasteiger partial charge in [0.1, 0.15) is 0 Å². The van der Waals surface area contributed by atoms with Gasteiger partial charge >= 0.3 is 0 Å². The topological polar surface area (TPSA) is 29.5 Å². The van der Waals surface area contributed by atoms with Gasteiger partial charge in [-0.05, 0) is 20.5 Å². The van der Waals surface area contributed by atoms with Gasteiger partial charge in [-0.25, -0.2) is 0 Å². The Hall–Kier alpha value is 0.350. The van der Waals surface area contributed by atoms with Gasteiger partial charge in [0.05, 0.1) is 12.2 Å². The predicted octanol–water partition coefficient (Wildman–Crippen LogP) is 0.996. The minimum Gasteiger partial charge on any atom is -0.391 e. The summed E-state index contributed by atoms with van der Waals surface area (Å²) in [4.78, 5) is 0. The molecule has 3 unspecified atom stereocenters. The van der Waals surface area contributed by atoms with Gasteiger partial charge in [-0.15, -0.1) is 0 Å². The molecule has 0 aliphatic rings. The molecule has 0 aliphatic heterocycles. The molecule has 0 saturated heterocycles. The van der Waals surface area contributed by atoms with Gasteiger partial charge in [-0.2, -0.15) is 0 Å². The Bertz CT molecular complexity index is 56.4. The molecule has 3 heteroatoms. The number of hydrogen-bond acceptors (Lipinski definition) is 2. The second-order valence-corrected chi connectivity index (χ2v) is 2.41. The van der Waals surface area contributed by atoms with E-state index < -0.39 is 0 Å². The molecule has 3 atom stereocenters. The highest BCUT2D eigenvalue weighted by Crippen LogP contribution is 2.11. The molecule has 0 aromatic rings. The van der Waals surface area contributed by atoms with E-state index in [0.717, 1.165) is 0 Å². The van der Waals surface area contributed by atoms with Crippen LogP contribution in [0.4, 0.5) is 0 Å². The van der Waals surface area contributed by atoms with Crippen molar-refractivity contribution >= 4 is 8.81 Å². The number of aliphatic hydroxyl groups is 1. The van der Waals surface area contributed by atoms with Crippen LogP contribution in [0.15, 0.2) is 0 Å². The summed E-state index contributed by atoms with van der Waals surface area (Å²) in [6, 6.07) is 0. The highest BCUT2D eigenvalue weighted by molar-refractivity contribution is 7.31. The smallest absolute Gasteiger partial charge is 0.0842 e. The van der Waals surface area contributed by atoms with Gasteiger partial charge in [0.15, 0.2) is 0 Å². The van der Waals surface area contributed by atoms with Crippen LogP contribution in [-0.2, 0) is 4.52 Å². The maximum atomic E-state index is 8.83. The highest BCUT2D eigenvalue weighted by atomic mass is 31.1. The second-order valence-electron chi connectivity index (χ2n) is 1.77. The van der Waals surface area contributed by atoms with Crippen LogP contribution in [-0.4, -0.2) is 24.0 Å². The first-order chi connectivity index (χ1) is 3.68. The van der Waals surface area contributed by atoms with Crippen LogP contribution in [0, 0.1) is 0 Å². The molecule has 8 heavy (non-hydrogen) atoms. The summed E-state index contributed by atoms with van der Waals surface area (Å²) in [5.41, 5.74) is 0. The van der Waals surface area contributed by atoms with E-state index in [1.807, 2.05) is 13.6 Å². The maximum absolute atomic E-state index is 8.83. The summed E-state index contributed by atoms with van der Waals surface area (Å²) < 4.78 is 5.08. The van der Waals surface area contributed by atoms with Gasteiger partial charge in [-0.3, -0.25) is 0 Å². The first-order valence-electron chi connectivity index (χ1n) is 2.69. The molecule has 0 rings (SSSR count). The van der Waals surface area contributed by atoms with Gasteiger partial charge < -0.3 is 9.63 Å². The normalized spacial score (nSPS) is 19.5. The Balaban J connectivity index is 3.17. The lowest BCUT2D eigenvalue weighted by molar-refractivity contribution is 0.0715. The van der Waals surface area contributed by atoms with E-state index in [4.69, 9.17) is 9.63 Å². The Labute approximate surface area is 52.1 Å². The monoisotopic (exact) mass is 136 g/mol. The molecule has 0 bridgehead atoms. The molecule has 1 N–H and O–H groups in total. The Morgan fingerprint density at radius 3 is 2.12 bits per heavy atom. The number of hydrogen-bond donors (Lipinski definition) is 1. The average Bonchev–Trinajstić information content (AvgIpc) is 1.67. The summed E-state index contributed by atoms with van der Waals surface area (Å²) in [5, 5.41) is 8.83. The van der Waals surface area contributed by atoms with E-state index in [-0.39, 0.29) is 12.2 Å². The standard InChI is InChI=1S/C5H13O2P/c1-4(6)5(2)7-8-3/h4-6,8H,1-3H3. The molecule has 0 radical (unpaired) electrons. The molecular weight excluding hydrogens is 123 g/mol. The molecule has 0 aromatic heterocycles. The molecule has 2 nitrogen and oxygen atoms in total. The summed E-state index contributed by atoms with van der Waals surface area (Å²) >= 11 is 0. The lowest BCUT2D eigenvalue weighted by atomic mass is 10.3. The Kier molecular flexibility index (Phi) is 4.44. The molecule has 0 amide bonds. The van der Waals surface area contributed by atoms with Crippen LogP contribution in [0.25, 0.3) is 0 Å². The first-order valence-corrected chi connectivity index (χ1v) is 4.09. The van der Waals surface area contributed by atoms with E-state index in [1.165, 1.54) is 0 Å². The number of aliphatic hydroxyl groups excluding tert-OH is 1. The molecule has 0 spiro atoms. The van der Waals surface area contributed by atoms with Gasteiger partial charge in [0.2, 0.25) is 0 Å². The third-order valence-corrected chi connectivity index (χ3v) is 1.59. The summed E-state index contributed by atoms with van der Waals surface area (Å²) in [6.45, 7) is 5.53. The van der Waals surface area contributed by atoms with Crippen molar-refractivity contribution in [2.75, 3.05) is 6.66 Å². The van der Waals surface area contributed by atoms with E-state index in [1.54, 1.807) is 6.92 Å². The van der Waals surface area contributed by atoms with Crippen molar-refractivity contribution in [3.63, 3.8) is 0 Å². The third-order valence-electron chi connectivity index (χ3n) is 0.983. The fourth-order valence-electron chi connectivity index (χ4n) is 0.284. The zero-order valence-electron chi connectivity index (χ0n) is 5.51. The van der Waals surface area contributed by atoms with Crippen molar-refractivity contribution in [2.24, 2.45) is 0 Å². The van der Waals surface area contributed by atoms with Crippen LogP contribution in [0.1, 0.15) is 13.8 Å². The fourth-order valence-corrected chi connectivity index (χ4v) is 0.853. The van der Waals surface area contributed by atoms with E-state index in [2.05, 4.69) is 0 Å². The molecule has 0 heterocycles. The number of rotatable bonds is 3. The molecule has 0 aromatic carbocycles. The van der Waals surface area contributed by atoms with Gasteiger partial charge in [0.25, 0.3) is 0 Å². The largest absolute Gasteiger partial charge is 0.391 e. The molecular formula is C5H13O2P. The lowest BCUT2D eigenvalue weighted by Crippen LogP contribution is -2.19. The molecule has 0 saturated carbocycles. The van der Waals surface area contributed by atoms with E-state index in [0.29, 0.717) is 8.81 Å². The SMILES string of the molecule is CPOC(C)C(C)O. The van der Waals surface area contributed by atoms with Crippen molar-refractivity contribution in [3.8, 4) is 0 Å². The Morgan fingerprint density at radius 2 is 2.00 bits per heavy atom. The van der Waals surface area contributed by atoms with Crippen LogP contribution < -0.4 is 0 Å². The summed E-state index contributed by atoms with van der Waals surface area (Å²) in [5.74, 6) is 0.